The van der Waals surface area contributed by atoms with Crippen LogP contribution in [-0.2, 0) is 6.54 Å². The summed E-state index contributed by atoms with van der Waals surface area (Å²) in [5.74, 6) is 1.49. The lowest BCUT2D eigenvalue weighted by Gasteiger charge is -2.09. The monoisotopic (exact) mass is 256 g/mol. The van der Waals surface area contributed by atoms with E-state index in [1.165, 1.54) is 16.7 Å². The van der Waals surface area contributed by atoms with Crippen LogP contribution in [0.4, 0.5) is 0 Å². The molecule has 3 nitrogen and oxygen atoms in total. The molecule has 0 aliphatic heterocycles. The highest BCUT2D eigenvalue weighted by molar-refractivity contribution is 5.36. The van der Waals surface area contributed by atoms with Crippen molar-refractivity contribution >= 4 is 0 Å². The molecular weight excluding hydrogens is 236 g/mol. The van der Waals surface area contributed by atoms with Crippen LogP contribution in [-0.4, -0.2) is 12.0 Å². The minimum absolute atomic E-state index is 0.648. The Bertz CT molecular complexity index is 559. The molecule has 1 aromatic carbocycles. The Balaban J connectivity index is 2.27. The Kier molecular flexibility index (Phi) is 4.17. The minimum atomic E-state index is 0.648. The number of benzene rings is 1. The van der Waals surface area contributed by atoms with Gasteiger partial charge in [0.15, 0.2) is 0 Å². The Hall–Kier alpha value is -1.87. The lowest BCUT2D eigenvalue weighted by Crippen LogP contribution is -2.06. The maximum atomic E-state index is 5.87. The summed E-state index contributed by atoms with van der Waals surface area (Å²) in [6, 6.07) is 10.2. The molecule has 0 aliphatic carbocycles. The van der Waals surface area contributed by atoms with Crippen molar-refractivity contribution in [3.8, 4) is 11.6 Å². The van der Waals surface area contributed by atoms with Crippen molar-refractivity contribution in [2.24, 2.45) is 0 Å². The molecule has 0 aliphatic rings. The third-order valence-corrected chi connectivity index (χ3v) is 2.79. The van der Waals surface area contributed by atoms with Crippen molar-refractivity contribution in [2.45, 2.75) is 27.3 Å². The van der Waals surface area contributed by atoms with Crippen LogP contribution in [0.25, 0.3) is 0 Å². The molecule has 100 valence electrons. The molecule has 0 amide bonds. The normalized spacial score (nSPS) is 10.5. The molecule has 0 bridgehead atoms. The van der Waals surface area contributed by atoms with Crippen molar-refractivity contribution in [1.29, 1.82) is 0 Å². The van der Waals surface area contributed by atoms with Gasteiger partial charge in [0, 0.05) is 18.3 Å². The summed E-state index contributed by atoms with van der Waals surface area (Å²) in [6.07, 6.45) is 0. The van der Waals surface area contributed by atoms with E-state index in [1.807, 2.05) is 32.2 Å². The smallest absolute Gasteiger partial charge is 0.219 e. The van der Waals surface area contributed by atoms with Crippen LogP contribution in [0.3, 0.4) is 0 Å². The number of ether oxygens (including phenoxy) is 1. The highest BCUT2D eigenvalue weighted by Crippen LogP contribution is 2.23. The predicted octanol–water partition coefficient (Wildman–Crippen LogP) is 3.52. The van der Waals surface area contributed by atoms with Gasteiger partial charge >= 0.3 is 0 Å². The summed E-state index contributed by atoms with van der Waals surface area (Å²) in [7, 11) is 1.93. The van der Waals surface area contributed by atoms with Gasteiger partial charge in [-0.05, 0) is 62.7 Å². The number of hydrogen-bond donors (Lipinski definition) is 1. The Labute approximate surface area is 114 Å². The van der Waals surface area contributed by atoms with Crippen LogP contribution in [0.2, 0.25) is 0 Å². The van der Waals surface area contributed by atoms with Gasteiger partial charge in [-0.15, -0.1) is 0 Å². The Morgan fingerprint density at radius 3 is 2.32 bits per heavy atom. The van der Waals surface area contributed by atoms with E-state index in [-0.39, 0.29) is 0 Å². The predicted molar refractivity (Wildman–Crippen MR) is 77.7 cm³/mol. The summed E-state index contributed by atoms with van der Waals surface area (Å²) >= 11 is 0. The number of pyridine rings is 1. The van der Waals surface area contributed by atoms with E-state index in [4.69, 9.17) is 4.74 Å². The molecule has 19 heavy (non-hydrogen) atoms. The number of nitrogens with one attached hydrogen (secondary N) is 1. The first-order valence-corrected chi connectivity index (χ1v) is 6.45. The van der Waals surface area contributed by atoms with E-state index < -0.39 is 0 Å². The largest absolute Gasteiger partial charge is 0.439 e. The zero-order valence-corrected chi connectivity index (χ0v) is 11.9. The first kappa shape index (κ1) is 13.6. The zero-order chi connectivity index (χ0) is 13.8. The van der Waals surface area contributed by atoms with Crippen molar-refractivity contribution in [2.75, 3.05) is 7.05 Å². The van der Waals surface area contributed by atoms with Crippen LogP contribution < -0.4 is 10.1 Å². The molecule has 0 atom stereocenters. The molecule has 2 rings (SSSR count). The third kappa shape index (κ3) is 3.80. The lowest BCUT2D eigenvalue weighted by molar-refractivity contribution is 0.460. The summed E-state index contributed by atoms with van der Waals surface area (Å²) in [6.45, 7) is 6.92. The van der Waals surface area contributed by atoms with Gasteiger partial charge in [0.1, 0.15) is 5.75 Å². The van der Waals surface area contributed by atoms with Crippen LogP contribution in [0.15, 0.2) is 30.3 Å². The molecule has 1 aromatic heterocycles. The quantitative estimate of drug-likeness (QED) is 0.908. The fraction of sp³-hybridized carbons (Fsp3) is 0.312. The maximum absolute atomic E-state index is 5.87. The van der Waals surface area contributed by atoms with E-state index >= 15 is 0 Å². The van der Waals surface area contributed by atoms with Crippen LogP contribution in [0.1, 0.15) is 22.4 Å². The molecule has 0 saturated heterocycles. The standard InChI is InChI=1S/C16H20N2O/c1-11-5-12(2)7-15(6-11)19-16-9-14(10-17-4)8-13(3)18-16/h5-9,17H,10H2,1-4H3. The second-order valence-corrected chi connectivity index (χ2v) is 4.91. The summed E-state index contributed by atoms with van der Waals surface area (Å²) in [5.41, 5.74) is 4.53. The van der Waals surface area contributed by atoms with Gasteiger partial charge in [0.25, 0.3) is 0 Å². The topological polar surface area (TPSA) is 34.2 Å². The Morgan fingerprint density at radius 2 is 1.68 bits per heavy atom. The number of nitrogens with zero attached hydrogens (tertiary/aromatic N) is 1. The molecule has 1 heterocycles. The van der Waals surface area contributed by atoms with E-state index in [0.717, 1.165) is 18.0 Å². The van der Waals surface area contributed by atoms with Gasteiger partial charge in [0.2, 0.25) is 5.88 Å². The fourth-order valence-electron chi connectivity index (χ4n) is 2.18. The van der Waals surface area contributed by atoms with Crippen LogP contribution in [0, 0.1) is 20.8 Å². The van der Waals surface area contributed by atoms with Gasteiger partial charge in [-0.25, -0.2) is 4.98 Å². The average Bonchev–Trinajstić information content (AvgIpc) is 2.26. The second kappa shape index (κ2) is 5.85. The molecule has 0 saturated carbocycles. The van der Waals surface area contributed by atoms with E-state index in [2.05, 4.69) is 36.3 Å². The summed E-state index contributed by atoms with van der Waals surface area (Å²) < 4.78 is 5.87. The highest BCUT2D eigenvalue weighted by Gasteiger charge is 2.04. The van der Waals surface area contributed by atoms with E-state index in [9.17, 15) is 0 Å². The van der Waals surface area contributed by atoms with Gasteiger partial charge in [-0.2, -0.15) is 0 Å². The molecule has 0 radical (unpaired) electrons. The summed E-state index contributed by atoms with van der Waals surface area (Å²) in [4.78, 5) is 4.42. The maximum Gasteiger partial charge on any atom is 0.219 e. The van der Waals surface area contributed by atoms with Crippen LogP contribution in [0.5, 0.6) is 11.6 Å². The lowest BCUT2D eigenvalue weighted by atomic mass is 10.1. The first-order valence-electron chi connectivity index (χ1n) is 6.45. The SMILES string of the molecule is CNCc1cc(C)nc(Oc2cc(C)cc(C)c2)c1. The molecular formula is C16H20N2O. The number of aromatic nitrogens is 1. The van der Waals surface area contributed by atoms with E-state index in [0.29, 0.717) is 5.88 Å². The van der Waals surface area contributed by atoms with Crippen molar-refractivity contribution < 1.29 is 4.74 Å². The molecule has 2 aromatic rings. The van der Waals surface area contributed by atoms with Gasteiger partial charge in [0.05, 0.1) is 0 Å². The molecule has 0 spiro atoms. The third-order valence-electron chi connectivity index (χ3n) is 2.79. The fourth-order valence-corrected chi connectivity index (χ4v) is 2.18. The van der Waals surface area contributed by atoms with Crippen molar-refractivity contribution in [3.63, 3.8) is 0 Å². The number of aryl methyl sites for hydroxylation is 3. The van der Waals surface area contributed by atoms with Crippen molar-refractivity contribution in [1.82, 2.24) is 10.3 Å². The molecule has 1 N–H and O–H groups in total. The summed E-state index contributed by atoms with van der Waals surface area (Å²) in [5, 5.41) is 3.14. The minimum Gasteiger partial charge on any atom is -0.439 e. The first-order chi connectivity index (χ1) is 9.06. The van der Waals surface area contributed by atoms with Crippen LogP contribution >= 0.6 is 0 Å². The van der Waals surface area contributed by atoms with Gasteiger partial charge in [-0.3, -0.25) is 0 Å². The molecule has 0 unspecified atom stereocenters. The molecule has 3 heteroatoms. The second-order valence-electron chi connectivity index (χ2n) is 4.91. The average molecular weight is 256 g/mol. The van der Waals surface area contributed by atoms with E-state index in [1.54, 1.807) is 0 Å². The molecule has 0 fully saturated rings. The number of rotatable bonds is 4. The number of hydrogen-bond acceptors (Lipinski definition) is 3. The zero-order valence-electron chi connectivity index (χ0n) is 11.9. The van der Waals surface area contributed by atoms with Gasteiger partial charge in [-0.1, -0.05) is 6.07 Å². The van der Waals surface area contributed by atoms with Gasteiger partial charge < -0.3 is 10.1 Å². The Morgan fingerprint density at radius 1 is 1.00 bits per heavy atom. The highest BCUT2D eigenvalue weighted by atomic mass is 16.5. The van der Waals surface area contributed by atoms with Crippen molar-refractivity contribution in [3.05, 3.63) is 52.7 Å².